The van der Waals surface area contributed by atoms with Gasteiger partial charge in [0.15, 0.2) is 0 Å². The third kappa shape index (κ3) is 4.53. The fourth-order valence-electron chi connectivity index (χ4n) is 1.16. The Balaban J connectivity index is 2.52. The Hall–Kier alpha value is -0.550. The molecule has 16 heavy (non-hydrogen) atoms. The highest BCUT2D eigenvalue weighted by molar-refractivity contribution is 9.10. The number of rotatable bonds is 2. The lowest BCUT2D eigenvalue weighted by atomic mass is 10.1. The maximum Gasteiger partial charge on any atom is 0.317 e. The van der Waals surface area contributed by atoms with Crippen LogP contribution >= 0.6 is 27.3 Å². The third-order valence-electron chi connectivity index (χ3n) is 1.84. The van der Waals surface area contributed by atoms with Gasteiger partial charge in [-0.1, -0.05) is 0 Å². The van der Waals surface area contributed by atoms with Crippen LogP contribution in [0.5, 0.6) is 0 Å². The minimum atomic E-state index is -0.193. The molecule has 0 unspecified atom stereocenters. The SMILES string of the molecule is CN(Cc1cc(Br)cs1)C(=O)NC(C)(C)C. The fourth-order valence-corrected chi connectivity index (χ4v) is 2.66. The molecular weight excluding hydrogens is 288 g/mol. The van der Waals surface area contributed by atoms with Crippen molar-refractivity contribution in [1.29, 1.82) is 0 Å². The van der Waals surface area contributed by atoms with Gasteiger partial charge in [-0.15, -0.1) is 11.3 Å². The molecule has 0 radical (unpaired) electrons. The lowest BCUT2D eigenvalue weighted by Crippen LogP contribution is -2.46. The summed E-state index contributed by atoms with van der Waals surface area (Å²) >= 11 is 5.04. The lowest BCUT2D eigenvalue weighted by Gasteiger charge is -2.25. The second-order valence-corrected chi connectivity index (χ2v) is 6.68. The number of urea groups is 1. The van der Waals surface area contributed by atoms with Gasteiger partial charge in [0, 0.05) is 27.3 Å². The molecule has 0 fully saturated rings. The predicted octanol–water partition coefficient (Wildman–Crippen LogP) is 3.45. The first-order chi connectivity index (χ1) is 7.28. The van der Waals surface area contributed by atoms with Gasteiger partial charge in [-0.3, -0.25) is 0 Å². The van der Waals surface area contributed by atoms with Crippen LogP contribution in [0, 0.1) is 0 Å². The molecule has 0 aliphatic carbocycles. The van der Waals surface area contributed by atoms with E-state index in [1.54, 1.807) is 23.3 Å². The largest absolute Gasteiger partial charge is 0.333 e. The summed E-state index contributed by atoms with van der Waals surface area (Å²) in [4.78, 5) is 14.6. The topological polar surface area (TPSA) is 32.3 Å². The second kappa shape index (κ2) is 5.19. The van der Waals surface area contributed by atoms with Crippen LogP contribution in [0.2, 0.25) is 0 Å². The Morgan fingerprint density at radius 3 is 2.62 bits per heavy atom. The quantitative estimate of drug-likeness (QED) is 0.892. The summed E-state index contributed by atoms with van der Waals surface area (Å²) < 4.78 is 1.07. The Morgan fingerprint density at radius 2 is 2.19 bits per heavy atom. The number of amides is 2. The molecule has 0 aliphatic heterocycles. The van der Waals surface area contributed by atoms with E-state index in [1.165, 1.54) is 4.88 Å². The van der Waals surface area contributed by atoms with Gasteiger partial charge < -0.3 is 10.2 Å². The lowest BCUT2D eigenvalue weighted by molar-refractivity contribution is 0.198. The number of nitrogens with zero attached hydrogens (tertiary/aromatic N) is 1. The smallest absolute Gasteiger partial charge is 0.317 e. The first kappa shape index (κ1) is 13.5. The summed E-state index contributed by atoms with van der Waals surface area (Å²) in [6.45, 7) is 6.56. The number of hydrogen-bond acceptors (Lipinski definition) is 2. The van der Waals surface area contributed by atoms with Gasteiger partial charge in [0.25, 0.3) is 0 Å². The van der Waals surface area contributed by atoms with Crippen LogP contribution in [0.15, 0.2) is 15.9 Å². The molecule has 0 bridgehead atoms. The van der Waals surface area contributed by atoms with E-state index < -0.39 is 0 Å². The van der Waals surface area contributed by atoms with Crippen molar-refractivity contribution in [3.63, 3.8) is 0 Å². The summed E-state index contributed by atoms with van der Waals surface area (Å²) in [6, 6.07) is 1.99. The van der Waals surface area contributed by atoms with Crippen molar-refractivity contribution in [3.05, 3.63) is 20.8 Å². The van der Waals surface area contributed by atoms with Gasteiger partial charge in [0.1, 0.15) is 0 Å². The Morgan fingerprint density at radius 1 is 1.56 bits per heavy atom. The van der Waals surface area contributed by atoms with E-state index in [0.717, 1.165) is 4.47 Å². The zero-order valence-corrected chi connectivity index (χ0v) is 12.4. The van der Waals surface area contributed by atoms with Gasteiger partial charge >= 0.3 is 6.03 Å². The van der Waals surface area contributed by atoms with Crippen LogP contribution in [0.4, 0.5) is 4.79 Å². The van der Waals surface area contributed by atoms with Crippen LogP contribution in [0.1, 0.15) is 25.6 Å². The average Bonchev–Trinajstić information content (AvgIpc) is 2.48. The van der Waals surface area contributed by atoms with E-state index >= 15 is 0 Å². The molecule has 0 atom stereocenters. The van der Waals surface area contributed by atoms with E-state index in [-0.39, 0.29) is 11.6 Å². The molecule has 1 N–H and O–H groups in total. The Bertz CT molecular complexity index is 370. The summed E-state index contributed by atoms with van der Waals surface area (Å²) in [5, 5.41) is 4.94. The molecule has 0 spiro atoms. The number of hydrogen-bond donors (Lipinski definition) is 1. The number of carbonyl (C=O) groups is 1. The van der Waals surface area contributed by atoms with Crippen molar-refractivity contribution in [2.45, 2.75) is 32.9 Å². The van der Waals surface area contributed by atoms with Gasteiger partial charge in [-0.05, 0) is 42.8 Å². The van der Waals surface area contributed by atoms with E-state index in [2.05, 4.69) is 21.2 Å². The number of carbonyl (C=O) groups excluding carboxylic acids is 1. The van der Waals surface area contributed by atoms with Gasteiger partial charge in [0.2, 0.25) is 0 Å². The van der Waals surface area contributed by atoms with Crippen molar-refractivity contribution in [3.8, 4) is 0 Å². The molecule has 3 nitrogen and oxygen atoms in total. The maximum absolute atomic E-state index is 11.8. The zero-order valence-electron chi connectivity index (χ0n) is 10.0. The first-order valence-corrected chi connectivity index (χ1v) is 6.71. The van der Waals surface area contributed by atoms with Gasteiger partial charge in [-0.25, -0.2) is 4.79 Å². The van der Waals surface area contributed by atoms with E-state index in [9.17, 15) is 4.79 Å². The fraction of sp³-hybridized carbons (Fsp3) is 0.545. The van der Waals surface area contributed by atoms with Crippen LogP contribution in [0.25, 0.3) is 0 Å². The molecule has 1 aromatic heterocycles. The molecule has 1 aromatic rings. The van der Waals surface area contributed by atoms with Crippen molar-refractivity contribution >= 4 is 33.3 Å². The summed E-state index contributed by atoms with van der Waals surface area (Å²) in [6.07, 6.45) is 0. The predicted molar refractivity (Wildman–Crippen MR) is 71.8 cm³/mol. The molecule has 1 heterocycles. The average molecular weight is 305 g/mol. The normalized spacial score (nSPS) is 11.3. The minimum absolute atomic E-state index is 0.0444. The highest BCUT2D eigenvalue weighted by Gasteiger charge is 2.17. The van der Waals surface area contributed by atoms with Crippen LogP contribution < -0.4 is 5.32 Å². The molecule has 90 valence electrons. The Labute approximate surface area is 109 Å². The van der Waals surface area contributed by atoms with Crippen molar-refractivity contribution in [1.82, 2.24) is 10.2 Å². The molecule has 0 aromatic carbocycles. The summed E-state index contributed by atoms with van der Waals surface area (Å²) in [5.41, 5.74) is -0.193. The zero-order chi connectivity index (χ0) is 12.3. The Kier molecular flexibility index (Phi) is 4.38. The van der Waals surface area contributed by atoms with Crippen LogP contribution in [-0.4, -0.2) is 23.5 Å². The van der Waals surface area contributed by atoms with Gasteiger partial charge in [0.05, 0.1) is 6.54 Å². The second-order valence-electron chi connectivity index (χ2n) is 4.77. The van der Waals surface area contributed by atoms with Crippen molar-refractivity contribution in [2.24, 2.45) is 0 Å². The molecule has 5 heteroatoms. The minimum Gasteiger partial charge on any atom is -0.333 e. The summed E-state index contributed by atoms with van der Waals surface area (Å²) in [5.74, 6) is 0. The molecule has 0 saturated heterocycles. The monoisotopic (exact) mass is 304 g/mol. The number of halogens is 1. The molecular formula is C11H17BrN2OS. The number of nitrogens with one attached hydrogen (secondary N) is 1. The standard InChI is InChI=1S/C11H17BrN2OS/c1-11(2,3)13-10(15)14(4)6-9-5-8(12)7-16-9/h5,7H,6H2,1-4H3,(H,13,15). The van der Waals surface area contributed by atoms with Crippen LogP contribution in [-0.2, 0) is 6.54 Å². The van der Waals surface area contributed by atoms with Gasteiger partial charge in [-0.2, -0.15) is 0 Å². The van der Waals surface area contributed by atoms with E-state index in [4.69, 9.17) is 0 Å². The molecule has 1 rings (SSSR count). The molecule has 0 aliphatic rings. The first-order valence-electron chi connectivity index (χ1n) is 5.04. The van der Waals surface area contributed by atoms with Crippen molar-refractivity contribution < 1.29 is 4.79 Å². The highest BCUT2D eigenvalue weighted by atomic mass is 79.9. The number of thiophene rings is 1. The third-order valence-corrected chi connectivity index (χ3v) is 3.53. The van der Waals surface area contributed by atoms with E-state index in [0.29, 0.717) is 6.54 Å². The summed E-state index contributed by atoms with van der Waals surface area (Å²) in [7, 11) is 1.80. The molecule has 2 amide bonds. The molecule has 0 saturated carbocycles. The van der Waals surface area contributed by atoms with Crippen molar-refractivity contribution in [2.75, 3.05) is 7.05 Å². The van der Waals surface area contributed by atoms with E-state index in [1.807, 2.05) is 32.2 Å². The highest BCUT2D eigenvalue weighted by Crippen LogP contribution is 2.20. The maximum atomic E-state index is 11.8. The van der Waals surface area contributed by atoms with Crippen LogP contribution in [0.3, 0.4) is 0 Å².